The summed E-state index contributed by atoms with van der Waals surface area (Å²) in [5.74, 6) is -0.420. The van der Waals surface area contributed by atoms with Crippen LogP contribution in [0.1, 0.15) is 38.2 Å². The first kappa shape index (κ1) is 17.7. The van der Waals surface area contributed by atoms with Gasteiger partial charge in [-0.05, 0) is 33.8 Å². The van der Waals surface area contributed by atoms with Crippen molar-refractivity contribution >= 4 is 11.8 Å². The van der Waals surface area contributed by atoms with Gasteiger partial charge in [0.05, 0.1) is 12.2 Å². The molecule has 2 aromatic rings. The van der Waals surface area contributed by atoms with Crippen LogP contribution in [0.3, 0.4) is 0 Å². The van der Waals surface area contributed by atoms with Gasteiger partial charge in [0.25, 0.3) is 5.91 Å². The Morgan fingerprint density at radius 2 is 1.88 bits per heavy atom. The van der Waals surface area contributed by atoms with Gasteiger partial charge in [-0.15, -0.1) is 0 Å². The van der Waals surface area contributed by atoms with Gasteiger partial charge in [0, 0.05) is 17.6 Å². The van der Waals surface area contributed by atoms with Crippen molar-refractivity contribution in [1.82, 2.24) is 20.4 Å². The van der Waals surface area contributed by atoms with E-state index < -0.39 is 0 Å². The molecule has 2 N–H and O–H groups in total. The number of aromatic amines is 1. The third kappa shape index (κ3) is 4.68. The molecule has 1 aromatic carbocycles. The van der Waals surface area contributed by atoms with Crippen molar-refractivity contribution in [3.05, 3.63) is 42.1 Å². The monoisotopic (exact) mass is 328 g/mol. The summed E-state index contributed by atoms with van der Waals surface area (Å²) < 4.78 is 0. The number of nitrogens with zero attached hydrogens (tertiary/aromatic N) is 2. The molecule has 0 radical (unpaired) electrons. The maximum Gasteiger partial charge on any atom is 0.272 e. The largest absolute Gasteiger partial charge is 0.350 e. The first-order valence-electron chi connectivity index (χ1n) is 8.01. The van der Waals surface area contributed by atoms with Gasteiger partial charge in [0.1, 0.15) is 5.69 Å². The van der Waals surface area contributed by atoms with E-state index in [2.05, 4.69) is 15.5 Å². The van der Waals surface area contributed by atoms with Crippen LogP contribution in [0.5, 0.6) is 0 Å². The number of H-pyrrole nitrogens is 1. The zero-order valence-electron chi connectivity index (χ0n) is 14.6. The van der Waals surface area contributed by atoms with E-state index in [1.807, 2.05) is 58.0 Å². The number of aromatic nitrogens is 2. The van der Waals surface area contributed by atoms with Crippen molar-refractivity contribution in [2.24, 2.45) is 0 Å². The number of hydrogen-bond acceptors (Lipinski definition) is 3. The van der Waals surface area contributed by atoms with E-state index in [-0.39, 0.29) is 23.9 Å². The molecule has 6 heteroatoms. The minimum Gasteiger partial charge on any atom is -0.350 e. The van der Waals surface area contributed by atoms with Gasteiger partial charge in [-0.2, -0.15) is 5.10 Å². The van der Waals surface area contributed by atoms with E-state index in [0.717, 1.165) is 5.56 Å². The summed E-state index contributed by atoms with van der Waals surface area (Å²) in [6.45, 7) is 8.03. The molecular formula is C18H24N4O2. The third-order valence-corrected chi connectivity index (χ3v) is 3.40. The van der Waals surface area contributed by atoms with Gasteiger partial charge in [-0.1, -0.05) is 30.3 Å². The highest BCUT2D eigenvalue weighted by atomic mass is 16.2. The maximum atomic E-state index is 12.6. The molecule has 0 atom stereocenters. The summed E-state index contributed by atoms with van der Waals surface area (Å²) >= 11 is 0. The molecule has 0 aliphatic heterocycles. The average Bonchev–Trinajstić information content (AvgIpc) is 3.01. The minimum absolute atomic E-state index is 0.0201. The van der Waals surface area contributed by atoms with E-state index >= 15 is 0 Å². The first-order valence-corrected chi connectivity index (χ1v) is 8.01. The van der Waals surface area contributed by atoms with Crippen molar-refractivity contribution in [2.45, 2.75) is 33.2 Å². The zero-order chi connectivity index (χ0) is 17.7. The molecule has 1 heterocycles. The van der Waals surface area contributed by atoms with Crippen molar-refractivity contribution < 1.29 is 9.59 Å². The Hall–Kier alpha value is -2.63. The summed E-state index contributed by atoms with van der Waals surface area (Å²) in [4.78, 5) is 26.1. The molecule has 0 bridgehead atoms. The Bertz CT molecular complexity index is 701. The fourth-order valence-electron chi connectivity index (χ4n) is 2.32. The fraction of sp³-hybridized carbons (Fsp3) is 0.389. The van der Waals surface area contributed by atoms with Crippen LogP contribution >= 0.6 is 0 Å². The fourth-order valence-corrected chi connectivity index (χ4v) is 2.32. The Morgan fingerprint density at radius 1 is 1.21 bits per heavy atom. The number of carbonyl (C=O) groups excluding carboxylic acids is 2. The number of benzene rings is 1. The van der Waals surface area contributed by atoms with Gasteiger partial charge in [0.15, 0.2) is 0 Å². The number of amides is 2. The van der Waals surface area contributed by atoms with E-state index in [1.54, 1.807) is 6.07 Å². The second kappa shape index (κ2) is 7.29. The number of rotatable bonds is 5. The molecule has 0 saturated heterocycles. The Kier molecular flexibility index (Phi) is 5.39. The molecular weight excluding hydrogens is 304 g/mol. The lowest BCUT2D eigenvalue weighted by atomic mass is 10.1. The Labute approximate surface area is 142 Å². The topological polar surface area (TPSA) is 78.1 Å². The highest BCUT2D eigenvalue weighted by molar-refractivity contribution is 5.95. The predicted molar refractivity (Wildman–Crippen MR) is 93.5 cm³/mol. The quantitative estimate of drug-likeness (QED) is 0.885. The van der Waals surface area contributed by atoms with Gasteiger partial charge in [-0.25, -0.2) is 0 Å². The molecule has 2 amide bonds. The van der Waals surface area contributed by atoms with Crippen molar-refractivity contribution in [3.8, 4) is 11.3 Å². The average molecular weight is 328 g/mol. The Balaban J connectivity index is 2.09. The molecule has 2 rings (SSSR count). The van der Waals surface area contributed by atoms with Crippen LogP contribution in [-0.4, -0.2) is 45.5 Å². The SMILES string of the molecule is CCN(CC(=O)NC(C)(C)C)C(=O)c1cc(-c2ccccc2)n[nH]1. The number of hydrogen-bond donors (Lipinski definition) is 2. The van der Waals surface area contributed by atoms with E-state index in [4.69, 9.17) is 0 Å². The lowest BCUT2D eigenvalue weighted by Crippen LogP contribution is -2.47. The number of likely N-dealkylation sites (N-methyl/N-ethyl adjacent to an activating group) is 1. The van der Waals surface area contributed by atoms with E-state index in [1.165, 1.54) is 4.90 Å². The minimum atomic E-state index is -0.325. The summed E-state index contributed by atoms with van der Waals surface area (Å²) in [6, 6.07) is 11.3. The van der Waals surface area contributed by atoms with Crippen LogP contribution < -0.4 is 5.32 Å². The molecule has 0 spiro atoms. The highest BCUT2D eigenvalue weighted by Gasteiger charge is 2.22. The lowest BCUT2D eigenvalue weighted by Gasteiger charge is -2.24. The number of carbonyl (C=O) groups is 2. The standard InChI is InChI=1S/C18H24N4O2/c1-5-22(12-16(23)19-18(2,3)4)17(24)15-11-14(20-21-15)13-9-7-6-8-10-13/h6-11H,5,12H2,1-4H3,(H,19,23)(H,20,21). The lowest BCUT2D eigenvalue weighted by molar-refractivity contribution is -0.123. The second-order valence-electron chi connectivity index (χ2n) is 6.65. The Morgan fingerprint density at radius 3 is 2.46 bits per heavy atom. The van der Waals surface area contributed by atoms with Crippen molar-refractivity contribution in [2.75, 3.05) is 13.1 Å². The van der Waals surface area contributed by atoms with Crippen LogP contribution in [0.15, 0.2) is 36.4 Å². The molecule has 0 saturated carbocycles. The molecule has 0 aliphatic carbocycles. The van der Waals surface area contributed by atoms with Crippen LogP contribution in [0.25, 0.3) is 11.3 Å². The van der Waals surface area contributed by atoms with E-state index in [0.29, 0.717) is 17.9 Å². The van der Waals surface area contributed by atoms with Gasteiger partial charge >= 0.3 is 0 Å². The van der Waals surface area contributed by atoms with Gasteiger partial charge in [0.2, 0.25) is 5.91 Å². The van der Waals surface area contributed by atoms with Crippen LogP contribution in [0.4, 0.5) is 0 Å². The summed E-state index contributed by atoms with van der Waals surface area (Å²) in [5.41, 5.74) is 1.68. The van der Waals surface area contributed by atoms with Crippen molar-refractivity contribution in [1.29, 1.82) is 0 Å². The van der Waals surface area contributed by atoms with Gasteiger partial charge < -0.3 is 10.2 Å². The molecule has 6 nitrogen and oxygen atoms in total. The summed E-state index contributed by atoms with van der Waals surface area (Å²) in [7, 11) is 0. The van der Waals surface area contributed by atoms with Gasteiger partial charge in [-0.3, -0.25) is 14.7 Å². The second-order valence-corrected chi connectivity index (χ2v) is 6.65. The maximum absolute atomic E-state index is 12.6. The first-order chi connectivity index (χ1) is 11.3. The summed E-state index contributed by atoms with van der Waals surface area (Å²) in [5, 5.41) is 9.82. The normalized spacial score (nSPS) is 11.2. The molecule has 1 aromatic heterocycles. The molecule has 128 valence electrons. The molecule has 24 heavy (non-hydrogen) atoms. The molecule has 0 fully saturated rings. The molecule has 0 aliphatic rings. The van der Waals surface area contributed by atoms with Crippen molar-refractivity contribution in [3.63, 3.8) is 0 Å². The third-order valence-electron chi connectivity index (χ3n) is 3.40. The van der Waals surface area contributed by atoms with E-state index in [9.17, 15) is 9.59 Å². The van der Waals surface area contributed by atoms with Crippen LogP contribution in [-0.2, 0) is 4.79 Å². The van der Waals surface area contributed by atoms with Crippen LogP contribution in [0.2, 0.25) is 0 Å². The smallest absolute Gasteiger partial charge is 0.272 e. The zero-order valence-corrected chi connectivity index (χ0v) is 14.6. The summed E-state index contributed by atoms with van der Waals surface area (Å²) in [6.07, 6.45) is 0. The highest BCUT2D eigenvalue weighted by Crippen LogP contribution is 2.17. The number of nitrogens with one attached hydrogen (secondary N) is 2. The van der Waals surface area contributed by atoms with Crippen LogP contribution in [0, 0.1) is 0 Å². The predicted octanol–water partition coefficient (Wildman–Crippen LogP) is 2.45. The molecule has 0 unspecified atom stereocenters.